The Morgan fingerprint density at radius 2 is 1.20 bits per heavy atom. The summed E-state index contributed by atoms with van der Waals surface area (Å²) in [5.74, 6) is 0.475. The molecular weight excluding hydrogens is 617 g/mol. The molecule has 1 aromatic heterocycles. The molecule has 7 rings (SSSR count). The van der Waals surface area contributed by atoms with Crippen LogP contribution in [0.15, 0.2) is 140 Å². The predicted molar refractivity (Wildman–Crippen MR) is 188 cm³/mol. The van der Waals surface area contributed by atoms with Crippen molar-refractivity contribution in [1.29, 1.82) is 0 Å². The second-order valence-corrected chi connectivity index (χ2v) is 12.3. The Kier molecular flexibility index (Phi) is 10.4. The van der Waals surface area contributed by atoms with Crippen molar-refractivity contribution in [1.82, 2.24) is 4.57 Å². The zero-order valence-corrected chi connectivity index (χ0v) is 27.5. The molecule has 0 aliphatic carbocycles. The molecule has 49 heavy (non-hydrogen) atoms. The zero-order valence-electron chi connectivity index (χ0n) is 27.5. The first-order chi connectivity index (χ1) is 24.2. The van der Waals surface area contributed by atoms with Gasteiger partial charge in [-0.25, -0.2) is 4.39 Å². The van der Waals surface area contributed by atoms with E-state index in [1.165, 1.54) is 6.07 Å². The average Bonchev–Trinajstić information content (AvgIpc) is 3.52. The minimum Gasteiger partial charge on any atom is -0.497 e. The Labute approximate surface area is 286 Å². The minimum atomic E-state index is -0.568. The summed E-state index contributed by atoms with van der Waals surface area (Å²) in [6, 6.07) is 43.3. The fraction of sp³-hybridized carbons (Fsp3) is 0.238. The van der Waals surface area contributed by atoms with Gasteiger partial charge in [0, 0.05) is 23.7 Å². The third-order valence-electron chi connectivity index (χ3n) is 9.00. The smallest absolute Gasteiger partial charge is 0.147 e. The molecule has 0 bridgehead atoms. The van der Waals surface area contributed by atoms with Gasteiger partial charge in [-0.15, -0.1) is 0 Å². The maximum Gasteiger partial charge on any atom is 0.147 e. The molecule has 6 nitrogen and oxygen atoms in total. The lowest BCUT2D eigenvalue weighted by Gasteiger charge is -2.42. The average molecular weight is 658 g/mol. The van der Waals surface area contributed by atoms with Crippen molar-refractivity contribution in [3.8, 4) is 5.75 Å². The van der Waals surface area contributed by atoms with Gasteiger partial charge in [0.15, 0.2) is 0 Å². The molecule has 1 aliphatic heterocycles. The van der Waals surface area contributed by atoms with Gasteiger partial charge in [0.05, 0.1) is 39.1 Å². The highest BCUT2D eigenvalue weighted by atomic mass is 19.1. The van der Waals surface area contributed by atoms with Crippen LogP contribution in [0.2, 0.25) is 0 Å². The van der Waals surface area contributed by atoms with Crippen LogP contribution in [-0.4, -0.2) is 36.6 Å². The Bertz CT molecular complexity index is 1910. The van der Waals surface area contributed by atoms with Gasteiger partial charge in [0.25, 0.3) is 0 Å². The van der Waals surface area contributed by atoms with E-state index >= 15 is 4.39 Å². The third-order valence-corrected chi connectivity index (χ3v) is 9.00. The molecular formula is C42H40FNO5. The first kappa shape index (κ1) is 32.7. The second-order valence-electron chi connectivity index (χ2n) is 12.3. The van der Waals surface area contributed by atoms with E-state index in [0.29, 0.717) is 31.9 Å². The molecule has 1 saturated heterocycles. The Morgan fingerprint density at radius 1 is 0.633 bits per heavy atom. The van der Waals surface area contributed by atoms with E-state index in [1.807, 2.05) is 132 Å². The Morgan fingerprint density at radius 3 is 1.80 bits per heavy atom. The lowest BCUT2D eigenvalue weighted by Crippen LogP contribution is -2.52. The summed E-state index contributed by atoms with van der Waals surface area (Å²) in [5, 5.41) is 0.775. The van der Waals surface area contributed by atoms with Crippen molar-refractivity contribution in [2.75, 3.05) is 13.7 Å². The molecule has 250 valence electrons. The van der Waals surface area contributed by atoms with Crippen LogP contribution in [0.1, 0.15) is 33.9 Å². The molecule has 0 unspecified atom stereocenters. The maximum absolute atomic E-state index is 15.7. The Hall–Kier alpha value is -4.79. The predicted octanol–water partition coefficient (Wildman–Crippen LogP) is 8.66. The highest BCUT2D eigenvalue weighted by Crippen LogP contribution is 2.40. The number of methoxy groups -OCH3 is 1. The zero-order chi connectivity index (χ0) is 33.4. The molecule has 1 aliphatic rings. The number of fused-ring (bicyclic) bond motifs is 1. The van der Waals surface area contributed by atoms with Crippen LogP contribution in [0, 0.1) is 5.82 Å². The lowest BCUT2D eigenvalue weighted by atomic mass is 9.93. The maximum atomic E-state index is 15.7. The lowest BCUT2D eigenvalue weighted by molar-refractivity contribution is -0.240. The van der Waals surface area contributed by atoms with E-state index in [-0.39, 0.29) is 12.4 Å². The first-order valence-electron chi connectivity index (χ1n) is 16.6. The molecule has 6 aromatic rings. The van der Waals surface area contributed by atoms with Crippen LogP contribution in [0.4, 0.5) is 4.39 Å². The van der Waals surface area contributed by atoms with E-state index < -0.39 is 24.4 Å². The number of nitrogens with zero attached hydrogens (tertiary/aromatic N) is 1. The number of ether oxygens (including phenoxy) is 5. The molecule has 0 saturated carbocycles. The minimum absolute atomic E-state index is 0.280. The van der Waals surface area contributed by atoms with Crippen LogP contribution in [0.3, 0.4) is 0 Å². The fourth-order valence-corrected chi connectivity index (χ4v) is 6.50. The summed E-state index contributed by atoms with van der Waals surface area (Å²) in [4.78, 5) is 0. The SMILES string of the molecule is COc1ccc(Cn2cc([C@@H]3OC[C@@H](OCc4ccccc4)[C@H](OCc4ccccc4)[C@H]3OCc3ccccc3)c3cccc(F)c32)cc1. The van der Waals surface area contributed by atoms with E-state index in [2.05, 4.69) is 0 Å². The number of halogens is 1. The number of rotatable bonds is 13. The normalized spacial score (nSPS) is 19.2. The van der Waals surface area contributed by atoms with E-state index in [0.717, 1.165) is 39.0 Å². The van der Waals surface area contributed by atoms with Crippen molar-refractivity contribution in [3.63, 3.8) is 0 Å². The van der Waals surface area contributed by atoms with Crippen molar-refractivity contribution in [3.05, 3.63) is 173 Å². The van der Waals surface area contributed by atoms with Crippen LogP contribution < -0.4 is 4.74 Å². The number of benzene rings is 5. The van der Waals surface area contributed by atoms with E-state index in [1.54, 1.807) is 13.2 Å². The fourth-order valence-electron chi connectivity index (χ4n) is 6.50. The van der Waals surface area contributed by atoms with Gasteiger partial charge in [0.1, 0.15) is 36.0 Å². The molecule has 1 fully saturated rings. The number of hydrogen-bond donors (Lipinski definition) is 0. The van der Waals surface area contributed by atoms with E-state index in [9.17, 15) is 0 Å². The summed E-state index contributed by atoms with van der Waals surface area (Å²) >= 11 is 0. The largest absolute Gasteiger partial charge is 0.497 e. The number of hydrogen-bond acceptors (Lipinski definition) is 5. The van der Waals surface area contributed by atoms with Gasteiger partial charge in [-0.2, -0.15) is 0 Å². The second kappa shape index (κ2) is 15.6. The summed E-state index contributed by atoms with van der Waals surface area (Å²) < 4.78 is 49.8. The summed E-state index contributed by atoms with van der Waals surface area (Å²) in [6.45, 7) is 1.88. The van der Waals surface area contributed by atoms with Crippen LogP contribution in [-0.2, 0) is 45.3 Å². The van der Waals surface area contributed by atoms with Gasteiger partial charge in [-0.1, -0.05) is 115 Å². The van der Waals surface area contributed by atoms with Crippen LogP contribution in [0.5, 0.6) is 5.75 Å². The van der Waals surface area contributed by atoms with Crippen molar-refractivity contribution in [2.45, 2.75) is 50.8 Å². The molecule has 0 N–H and O–H groups in total. The first-order valence-corrected chi connectivity index (χ1v) is 16.6. The quantitative estimate of drug-likeness (QED) is 0.124. The van der Waals surface area contributed by atoms with E-state index in [4.69, 9.17) is 23.7 Å². The van der Waals surface area contributed by atoms with Crippen LogP contribution >= 0.6 is 0 Å². The molecule has 0 amide bonds. The highest BCUT2D eigenvalue weighted by Gasteiger charge is 2.45. The summed E-state index contributed by atoms with van der Waals surface area (Å²) in [6.07, 6.45) is -0.0181. The van der Waals surface area contributed by atoms with Gasteiger partial charge in [-0.05, 0) is 40.5 Å². The third kappa shape index (κ3) is 7.77. The standard InChI is InChI=1S/C42H40FNO5/c1-45-34-22-20-30(21-23-34)24-44-25-36(35-18-11-19-37(43)39(35)44)40-42(48-28-33-16-9-4-10-17-33)41(47-27-32-14-7-3-8-15-32)38(29-49-40)46-26-31-12-5-2-6-13-31/h2-23,25,38,40-42H,24,26-29H2,1H3/t38-,40+,41+,42+/m1/s1. The van der Waals surface area contributed by atoms with Gasteiger partial charge in [-0.3, -0.25) is 0 Å². The van der Waals surface area contributed by atoms with Crippen molar-refractivity contribution in [2.24, 2.45) is 0 Å². The molecule has 2 heterocycles. The highest BCUT2D eigenvalue weighted by molar-refractivity contribution is 5.85. The number of aromatic nitrogens is 1. The van der Waals surface area contributed by atoms with Crippen molar-refractivity contribution >= 4 is 10.9 Å². The number of para-hydroxylation sites is 1. The molecule has 4 atom stereocenters. The molecule has 0 radical (unpaired) electrons. The summed E-state index contributed by atoms with van der Waals surface area (Å²) in [7, 11) is 1.64. The van der Waals surface area contributed by atoms with Gasteiger partial charge >= 0.3 is 0 Å². The van der Waals surface area contributed by atoms with Crippen LogP contribution in [0.25, 0.3) is 10.9 Å². The molecule has 0 spiro atoms. The summed E-state index contributed by atoms with van der Waals surface area (Å²) in [5.41, 5.74) is 5.52. The van der Waals surface area contributed by atoms with Gasteiger partial charge < -0.3 is 28.3 Å². The van der Waals surface area contributed by atoms with Gasteiger partial charge in [0.2, 0.25) is 0 Å². The topological polar surface area (TPSA) is 51.1 Å². The monoisotopic (exact) mass is 657 g/mol. The molecule has 5 aromatic carbocycles. The van der Waals surface area contributed by atoms with Crippen molar-refractivity contribution < 1.29 is 28.1 Å². The Balaban J connectivity index is 1.26. The molecule has 7 heteroatoms.